The Labute approximate surface area is 157 Å². The summed E-state index contributed by atoms with van der Waals surface area (Å²) in [5, 5.41) is 21.4. The van der Waals surface area contributed by atoms with Crippen molar-refractivity contribution in [3.63, 3.8) is 0 Å². The number of nitrogens with zero attached hydrogens (tertiary/aromatic N) is 4. The minimum Gasteiger partial charge on any atom is -0.362 e. The van der Waals surface area contributed by atoms with Crippen LogP contribution in [0.4, 0.5) is 11.5 Å². The molecule has 2 aromatic carbocycles. The first kappa shape index (κ1) is 18.1. The van der Waals surface area contributed by atoms with Gasteiger partial charge in [0.15, 0.2) is 0 Å². The zero-order valence-electron chi connectivity index (χ0n) is 15.3. The molecule has 0 aliphatic heterocycles. The second kappa shape index (κ2) is 7.26. The SMILES string of the molecule is Cc1ccc2cc(/C=C(/C#N)c3ccc([N+](=O)[O-])cc3)c(N(C)C)nc2c1. The molecule has 0 aliphatic carbocycles. The topological polar surface area (TPSA) is 83.1 Å². The van der Waals surface area contributed by atoms with Gasteiger partial charge in [-0.2, -0.15) is 5.26 Å². The van der Waals surface area contributed by atoms with E-state index in [0.717, 1.165) is 27.8 Å². The van der Waals surface area contributed by atoms with E-state index in [2.05, 4.69) is 6.07 Å². The molecule has 1 aromatic heterocycles. The first-order valence-corrected chi connectivity index (χ1v) is 8.34. The number of aryl methyl sites for hydroxylation is 1. The van der Waals surface area contributed by atoms with Gasteiger partial charge in [-0.15, -0.1) is 0 Å². The van der Waals surface area contributed by atoms with Gasteiger partial charge in [-0.1, -0.05) is 12.1 Å². The molecule has 0 fully saturated rings. The number of rotatable bonds is 4. The molecule has 27 heavy (non-hydrogen) atoms. The summed E-state index contributed by atoms with van der Waals surface area (Å²) in [7, 11) is 3.80. The zero-order chi connectivity index (χ0) is 19.6. The molecule has 0 saturated carbocycles. The number of non-ortho nitro benzene ring substituents is 1. The normalized spacial score (nSPS) is 11.3. The summed E-state index contributed by atoms with van der Waals surface area (Å²) >= 11 is 0. The van der Waals surface area contributed by atoms with E-state index in [9.17, 15) is 15.4 Å². The van der Waals surface area contributed by atoms with Gasteiger partial charge in [-0.05, 0) is 48.4 Å². The zero-order valence-corrected chi connectivity index (χ0v) is 15.3. The number of allylic oxidation sites excluding steroid dienone is 1. The predicted octanol–water partition coefficient (Wildman–Crippen LogP) is 4.58. The van der Waals surface area contributed by atoms with Gasteiger partial charge in [-0.25, -0.2) is 4.98 Å². The molecule has 3 rings (SSSR count). The number of hydrogen-bond donors (Lipinski definition) is 0. The van der Waals surface area contributed by atoms with Crippen LogP contribution in [0, 0.1) is 28.4 Å². The summed E-state index contributed by atoms with van der Waals surface area (Å²) in [4.78, 5) is 17.0. The number of anilines is 1. The molecule has 0 radical (unpaired) electrons. The summed E-state index contributed by atoms with van der Waals surface area (Å²) in [5.41, 5.74) is 3.87. The highest BCUT2D eigenvalue weighted by molar-refractivity contribution is 5.94. The highest BCUT2D eigenvalue weighted by Crippen LogP contribution is 2.28. The van der Waals surface area contributed by atoms with Crippen LogP contribution in [0.2, 0.25) is 0 Å². The molecular formula is C21H18N4O2. The Balaban J connectivity index is 2.14. The summed E-state index contributed by atoms with van der Waals surface area (Å²) in [6.07, 6.45) is 1.77. The fourth-order valence-corrected chi connectivity index (χ4v) is 2.85. The fourth-order valence-electron chi connectivity index (χ4n) is 2.85. The molecule has 1 heterocycles. The number of nitro groups is 1. The molecular weight excluding hydrogens is 340 g/mol. The lowest BCUT2D eigenvalue weighted by atomic mass is 10.0. The molecule has 0 amide bonds. The van der Waals surface area contributed by atoms with Crippen LogP contribution in [0.5, 0.6) is 0 Å². The molecule has 6 nitrogen and oxygen atoms in total. The van der Waals surface area contributed by atoms with Crippen LogP contribution < -0.4 is 4.90 Å². The summed E-state index contributed by atoms with van der Waals surface area (Å²) in [6, 6.07) is 16.2. The second-order valence-corrected chi connectivity index (χ2v) is 6.47. The van der Waals surface area contributed by atoms with Gasteiger partial charge in [0, 0.05) is 37.2 Å². The number of nitro benzene ring substituents is 1. The van der Waals surface area contributed by atoms with E-state index in [0.29, 0.717) is 11.1 Å². The first-order chi connectivity index (χ1) is 12.9. The van der Waals surface area contributed by atoms with Crippen LogP contribution in [-0.4, -0.2) is 24.0 Å². The van der Waals surface area contributed by atoms with Crippen molar-refractivity contribution in [3.05, 3.63) is 75.3 Å². The van der Waals surface area contributed by atoms with Crippen LogP contribution in [-0.2, 0) is 0 Å². The lowest BCUT2D eigenvalue weighted by molar-refractivity contribution is -0.384. The number of hydrogen-bond acceptors (Lipinski definition) is 5. The molecule has 3 aromatic rings. The van der Waals surface area contributed by atoms with Crippen molar-refractivity contribution < 1.29 is 4.92 Å². The van der Waals surface area contributed by atoms with Gasteiger partial charge in [0.2, 0.25) is 0 Å². The van der Waals surface area contributed by atoms with Crippen LogP contribution in [0.1, 0.15) is 16.7 Å². The maximum atomic E-state index is 10.8. The molecule has 0 aliphatic rings. The summed E-state index contributed by atoms with van der Waals surface area (Å²) in [6.45, 7) is 2.02. The number of fused-ring (bicyclic) bond motifs is 1. The largest absolute Gasteiger partial charge is 0.362 e. The number of aromatic nitrogens is 1. The second-order valence-electron chi connectivity index (χ2n) is 6.47. The molecule has 0 N–H and O–H groups in total. The van der Waals surface area contributed by atoms with Crippen molar-refractivity contribution in [1.29, 1.82) is 5.26 Å². The highest BCUT2D eigenvalue weighted by Gasteiger charge is 2.11. The Hall–Kier alpha value is -3.72. The van der Waals surface area contributed by atoms with Gasteiger partial charge in [0.25, 0.3) is 5.69 Å². The molecule has 6 heteroatoms. The van der Waals surface area contributed by atoms with Gasteiger partial charge in [0.1, 0.15) is 5.82 Å². The van der Waals surface area contributed by atoms with E-state index in [1.54, 1.807) is 18.2 Å². The van der Waals surface area contributed by atoms with Crippen LogP contribution in [0.3, 0.4) is 0 Å². The van der Waals surface area contributed by atoms with Gasteiger partial charge in [-0.3, -0.25) is 10.1 Å². The standard InChI is InChI=1S/C21H18N4O2/c1-14-4-5-16-11-17(21(24(2)3)23-20(16)10-14)12-18(13-22)15-6-8-19(9-7-15)25(26)27/h4-12H,1-3H3/b18-12-. The van der Waals surface area contributed by atoms with Crippen LogP contribution >= 0.6 is 0 Å². The monoisotopic (exact) mass is 358 g/mol. The van der Waals surface area contributed by atoms with Crippen molar-refractivity contribution in [2.75, 3.05) is 19.0 Å². The van der Waals surface area contributed by atoms with Crippen molar-refractivity contribution >= 4 is 34.1 Å². The van der Waals surface area contributed by atoms with Crippen LogP contribution in [0.25, 0.3) is 22.6 Å². The third-order valence-electron chi connectivity index (χ3n) is 4.21. The molecule has 0 atom stereocenters. The average Bonchev–Trinajstić information content (AvgIpc) is 2.65. The minimum atomic E-state index is -0.459. The quantitative estimate of drug-likeness (QED) is 0.387. The minimum absolute atomic E-state index is 0.00670. The Morgan fingerprint density at radius 2 is 1.89 bits per heavy atom. The first-order valence-electron chi connectivity index (χ1n) is 8.34. The molecule has 0 saturated heterocycles. The van der Waals surface area contributed by atoms with Crippen LogP contribution in [0.15, 0.2) is 48.5 Å². The Bertz CT molecular complexity index is 1090. The number of pyridine rings is 1. The Morgan fingerprint density at radius 1 is 1.19 bits per heavy atom. The van der Waals surface area contributed by atoms with E-state index in [-0.39, 0.29) is 5.69 Å². The Kier molecular flexibility index (Phi) is 4.86. The van der Waals surface area contributed by atoms with E-state index in [1.165, 1.54) is 12.1 Å². The predicted molar refractivity (Wildman–Crippen MR) is 107 cm³/mol. The van der Waals surface area contributed by atoms with Gasteiger partial charge in [0.05, 0.1) is 22.1 Å². The van der Waals surface area contributed by atoms with Crippen molar-refractivity contribution in [2.45, 2.75) is 6.92 Å². The Morgan fingerprint density at radius 3 is 2.48 bits per heavy atom. The van der Waals surface area contributed by atoms with E-state index >= 15 is 0 Å². The lowest BCUT2D eigenvalue weighted by Gasteiger charge is -2.16. The molecule has 0 unspecified atom stereocenters. The summed E-state index contributed by atoms with van der Waals surface area (Å²) in [5.74, 6) is 0.753. The molecule has 0 bridgehead atoms. The van der Waals surface area contributed by atoms with Crippen molar-refractivity contribution in [3.8, 4) is 6.07 Å². The maximum absolute atomic E-state index is 10.8. The fraction of sp³-hybridized carbons (Fsp3) is 0.143. The van der Waals surface area contributed by atoms with Gasteiger partial charge < -0.3 is 4.90 Å². The number of benzene rings is 2. The van der Waals surface area contributed by atoms with E-state index in [4.69, 9.17) is 4.98 Å². The maximum Gasteiger partial charge on any atom is 0.269 e. The summed E-state index contributed by atoms with van der Waals surface area (Å²) < 4.78 is 0. The number of nitriles is 1. The third-order valence-corrected chi connectivity index (χ3v) is 4.21. The third kappa shape index (κ3) is 3.77. The average molecular weight is 358 g/mol. The molecule has 0 spiro atoms. The van der Waals surface area contributed by atoms with E-state index in [1.807, 2.05) is 50.2 Å². The lowest BCUT2D eigenvalue weighted by Crippen LogP contribution is -2.12. The van der Waals surface area contributed by atoms with Crippen molar-refractivity contribution in [2.24, 2.45) is 0 Å². The molecule has 134 valence electrons. The highest BCUT2D eigenvalue weighted by atomic mass is 16.6. The van der Waals surface area contributed by atoms with Gasteiger partial charge >= 0.3 is 0 Å². The smallest absolute Gasteiger partial charge is 0.269 e. The van der Waals surface area contributed by atoms with E-state index < -0.39 is 4.92 Å². The van der Waals surface area contributed by atoms with Crippen molar-refractivity contribution in [1.82, 2.24) is 4.98 Å².